The number of hydrogen-bond acceptors (Lipinski definition) is 8. The Bertz CT molecular complexity index is 1520. The molecule has 0 bridgehead atoms. The maximum atomic E-state index is 10.6. The first-order chi connectivity index (χ1) is 18.2. The Morgan fingerprint density at radius 3 is 2.68 bits per heavy atom. The summed E-state index contributed by atoms with van der Waals surface area (Å²) in [4.78, 5) is 31.3. The van der Waals surface area contributed by atoms with Crippen LogP contribution in [0.5, 0.6) is 0 Å². The van der Waals surface area contributed by atoms with E-state index in [-0.39, 0.29) is 12.0 Å². The highest BCUT2D eigenvalue weighted by Crippen LogP contribution is 2.35. The number of carboxylic acids is 1. The number of hydrogen-bond donors (Lipinski definition) is 2. The van der Waals surface area contributed by atoms with E-state index < -0.39 is 12.1 Å². The molecule has 2 N–H and O–H groups in total. The average molecular weight is 523 g/mol. The number of fused-ring (bicyclic) bond motifs is 1. The minimum atomic E-state index is -5.08. The number of anilines is 1. The molecule has 5 heterocycles. The summed E-state index contributed by atoms with van der Waals surface area (Å²) in [6.07, 6.45) is 6.86. The van der Waals surface area contributed by atoms with E-state index >= 15 is 0 Å². The first-order valence-electron chi connectivity index (χ1n) is 11.3. The second-order valence-corrected chi connectivity index (χ2v) is 8.38. The van der Waals surface area contributed by atoms with E-state index in [1.165, 1.54) is 6.20 Å². The van der Waals surface area contributed by atoms with Crippen molar-refractivity contribution in [1.29, 1.82) is 10.5 Å². The van der Waals surface area contributed by atoms with Crippen LogP contribution in [0, 0.1) is 28.6 Å². The van der Waals surface area contributed by atoms with Gasteiger partial charge in [0.2, 0.25) is 0 Å². The van der Waals surface area contributed by atoms with Gasteiger partial charge in [0.25, 0.3) is 0 Å². The lowest BCUT2D eigenvalue weighted by atomic mass is 9.96. The van der Waals surface area contributed by atoms with Crippen molar-refractivity contribution in [2.45, 2.75) is 25.1 Å². The van der Waals surface area contributed by atoms with Crippen molar-refractivity contribution in [3.63, 3.8) is 0 Å². The van der Waals surface area contributed by atoms with Gasteiger partial charge in [0.05, 0.1) is 24.2 Å². The Hall–Kier alpha value is -4.98. The van der Waals surface area contributed by atoms with Crippen LogP contribution in [0.4, 0.5) is 19.0 Å². The van der Waals surface area contributed by atoms with Crippen LogP contribution in [0.1, 0.15) is 24.6 Å². The van der Waals surface area contributed by atoms with Gasteiger partial charge < -0.3 is 19.6 Å². The van der Waals surface area contributed by atoms with Gasteiger partial charge in [0.15, 0.2) is 11.5 Å². The Balaban J connectivity index is 0.000000426. The molecule has 4 aromatic rings. The Labute approximate surface area is 213 Å². The topological polar surface area (TPSA) is 160 Å². The van der Waals surface area contributed by atoms with Gasteiger partial charge in [-0.15, -0.1) is 0 Å². The second kappa shape index (κ2) is 11.0. The fourth-order valence-electron chi connectivity index (χ4n) is 4.41. The molecule has 1 saturated heterocycles. The quantitative estimate of drug-likeness (QED) is 0.397. The molecule has 4 aromatic heterocycles. The summed E-state index contributed by atoms with van der Waals surface area (Å²) in [6, 6.07) is 8.49. The minimum absolute atomic E-state index is 0.0227. The van der Waals surface area contributed by atoms with Crippen LogP contribution in [-0.2, 0) is 4.79 Å². The van der Waals surface area contributed by atoms with Crippen LogP contribution < -0.4 is 4.90 Å². The monoisotopic (exact) mass is 523 g/mol. The van der Waals surface area contributed by atoms with Crippen LogP contribution in [0.3, 0.4) is 0 Å². The highest BCUT2D eigenvalue weighted by Gasteiger charge is 2.38. The molecule has 11 nitrogen and oxygen atoms in total. The van der Waals surface area contributed by atoms with E-state index in [4.69, 9.17) is 9.90 Å². The summed E-state index contributed by atoms with van der Waals surface area (Å²) >= 11 is 0. The summed E-state index contributed by atoms with van der Waals surface area (Å²) in [6.45, 7) is 1.51. The van der Waals surface area contributed by atoms with E-state index in [2.05, 4.69) is 52.7 Å². The number of carboxylic acid groups (broad SMARTS) is 1. The van der Waals surface area contributed by atoms with Gasteiger partial charge in [0, 0.05) is 55.0 Å². The molecule has 0 aliphatic carbocycles. The van der Waals surface area contributed by atoms with Gasteiger partial charge in [0.1, 0.15) is 18.0 Å². The van der Waals surface area contributed by atoms with Gasteiger partial charge in [-0.05, 0) is 24.5 Å². The SMILES string of the molecule is N#CCC(C1CCN(c2nccnc2C#N)C1)n1ccc(-c2ncnc3[nH]ccc23)c1.O=C(O)C(F)(F)F. The summed E-state index contributed by atoms with van der Waals surface area (Å²) in [7, 11) is 0. The first-order valence-corrected chi connectivity index (χ1v) is 11.3. The van der Waals surface area contributed by atoms with Crippen molar-refractivity contribution in [3.8, 4) is 23.4 Å². The third-order valence-electron chi connectivity index (χ3n) is 6.12. The second-order valence-electron chi connectivity index (χ2n) is 8.38. The normalized spacial score (nSPS) is 15.8. The molecule has 0 saturated carbocycles. The predicted molar refractivity (Wildman–Crippen MR) is 127 cm³/mol. The highest BCUT2D eigenvalue weighted by atomic mass is 19.4. The van der Waals surface area contributed by atoms with E-state index in [1.807, 2.05) is 24.5 Å². The Morgan fingerprint density at radius 2 is 1.97 bits per heavy atom. The van der Waals surface area contributed by atoms with E-state index in [9.17, 15) is 23.7 Å². The third-order valence-corrected chi connectivity index (χ3v) is 6.12. The molecule has 0 radical (unpaired) electrons. The number of nitrogens with zero attached hydrogens (tertiary/aromatic N) is 8. The number of aromatic nitrogens is 6. The molecule has 0 aromatic carbocycles. The van der Waals surface area contributed by atoms with Gasteiger partial charge in [-0.3, -0.25) is 0 Å². The van der Waals surface area contributed by atoms with Gasteiger partial charge in [-0.1, -0.05) is 0 Å². The molecule has 1 aliphatic rings. The molecule has 38 heavy (non-hydrogen) atoms. The molecule has 0 amide bonds. The van der Waals surface area contributed by atoms with Crippen LogP contribution >= 0.6 is 0 Å². The maximum Gasteiger partial charge on any atom is 0.490 e. The van der Waals surface area contributed by atoms with E-state index in [0.29, 0.717) is 17.9 Å². The number of nitrogens with one attached hydrogen (secondary N) is 1. The lowest BCUT2D eigenvalue weighted by Crippen LogP contribution is -2.25. The fraction of sp³-hybridized carbons (Fsp3) is 0.292. The smallest absolute Gasteiger partial charge is 0.475 e. The summed E-state index contributed by atoms with van der Waals surface area (Å²) in [5.74, 6) is -1.88. The van der Waals surface area contributed by atoms with Crippen LogP contribution in [0.15, 0.2) is 49.4 Å². The molecule has 1 fully saturated rings. The number of carbonyl (C=O) groups is 1. The van der Waals surface area contributed by atoms with Crippen molar-refractivity contribution in [2.24, 2.45) is 5.92 Å². The van der Waals surface area contributed by atoms with Crippen molar-refractivity contribution in [1.82, 2.24) is 29.5 Å². The standard InChI is InChI=1S/C22H19N9.C2HF3O2/c23-5-1-19(15-3-10-31(12-15)22-18(11-24)25-7-8-27-22)30-9-4-16(13-30)20-17-2-6-26-21(17)29-14-28-20;3-2(4,5)1(6)7/h2,4,6-9,13-15,19H,1,3,10,12H2,(H,26,28,29);(H,6,7). The average Bonchev–Trinajstić information content (AvgIpc) is 3.68. The molecule has 194 valence electrons. The largest absolute Gasteiger partial charge is 0.490 e. The van der Waals surface area contributed by atoms with E-state index in [1.54, 1.807) is 12.5 Å². The van der Waals surface area contributed by atoms with Crippen molar-refractivity contribution >= 4 is 22.8 Å². The molecule has 1 aliphatic heterocycles. The fourth-order valence-corrected chi connectivity index (χ4v) is 4.41. The maximum absolute atomic E-state index is 10.6. The third kappa shape index (κ3) is 5.54. The summed E-state index contributed by atoms with van der Waals surface area (Å²) in [5, 5.41) is 26.9. The molecule has 0 spiro atoms. The molecule has 2 unspecified atom stereocenters. The Morgan fingerprint density at radius 1 is 1.21 bits per heavy atom. The van der Waals surface area contributed by atoms with Crippen LogP contribution in [-0.4, -0.2) is 59.8 Å². The van der Waals surface area contributed by atoms with Gasteiger partial charge in [-0.25, -0.2) is 24.7 Å². The number of rotatable bonds is 5. The number of halogens is 3. The zero-order chi connectivity index (χ0) is 27.3. The van der Waals surface area contributed by atoms with E-state index in [0.717, 1.165) is 41.8 Å². The van der Waals surface area contributed by atoms with Crippen molar-refractivity contribution in [3.05, 3.63) is 55.1 Å². The zero-order valence-corrected chi connectivity index (χ0v) is 19.7. The number of aromatic amines is 1. The summed E-state index contributed by atoms with van der Waals surface area (Å²) < 4.78 is 33.9. The zero-order valence-electron chi connectivity index (χ0n) is 19.7. The Kier molecular flexibility index (Phi) is 7.53. The molecule has 5 rings (SSSR count). The number of nitriles is 2. The highest BCUT2D eigenvalue weighted by molar-refractivity contribution is 5.90. The van der Waals surface area contributed by atoms with Gasteiger partial charge >= 0.3 is 12.1 Å². The summed E-state index contributed by atoms with van der Waals surface area (Å²) in [5.41, 5.74) is 3.00. The van der Waals surface area contributed by atoms with Crippen molar-refractivity contribution in [2.75, 3.05) is 18.0 Å². The number of aliphatic carboxylic acids is 1. The minimum Gasteiger partial charge on any atom is -0.475 e. The molecular formula is C24H20F3N9O2. The number of alkyl halides is 3. The molecular weight excluding hydrogens is 503 g/mol. The predicted octanol–water partition coefficient (Wildman–Crippen LogP) is 3.70. The lowest BCUT2D eigenvalue weighted by Gasteiger charge is -2.24. The molecule has 2 atom stereocenters. The lowest BCUT2D eigenvalue weighted by molar-refractivity contribution is -0.192. The van der Waals surface area contributed by atoms with Crippen LogP contribution in [0.2, 0.25) is 0 Å². The van der Waals surface area contributed by atoms with Gasteiger partial charge in [-0.2, -0.15) is 23.7 Å². The molecule has 14 heteroatoms. The van der Waals surface area contributed by atoms with Crippen molar-refractivity contribution < 1.29 is 23.1 Å². The first kappa shape index (κ1) is 26.1. The van der Waals surface area contributed by atoms with Crippen LogP contribution in [0.25, 0.3) is 22.3 Å². The number of H-pyrrole nitrogens is 1.